The number of hydrogen-bond acceptors (Lipinski definition) is 1. The summed E-state index contributed by atoms with van der Waals surface area (Å²) in [5, 5.41) is 1.34. The van der Waals surface area contributed by atoms with E-state index in [9.17, 15) is 0 Å². The molecule has 1 heterocycles. The molecule has 78 valence electrons. The first kappa shape index (κ1) is 10.2. The Balaban J connectivity index is 2.90. The molecule has 0 N–H and O–H groups in total. The average Bonchev–Trinajstić information content (AvgIpc) is 2.14. The van der Waals surface area contributed by atoms with Crippen LogP contribution in [0.2, 0.25) is 0 Å². The van der Waals surface area contributed by atoms with Gasteiger partial charge < -0.3 is 0 Å². The lowest BCUT2D eigenvalue weighted by Gasteiger charge is -2.09. The molecule has 0 aliphatic carbocycles. The molecular formula is C14H17N. The second kappa shape index (κ2) is 3.65. The topological polar surface area (TPSA) is 12.9 Å². The van der Waals surface area contributed by atoms with E-state index >= 15 is 0 Å². The highest BCUT2D eigenvalue weighted by Crippen LogP contribution is 2.24. The largest absolute Gasteiger partial charge is 0.253 e. The average molecular weight is 199 g/mol. The molecule has 0 aliphatic rings. The van der Waals surface area contributed by atoms with Crippen molar-refractivity contribution in [1.82, 2.24) is 4.98 Å². The van der Waals surface area contributed by atoms with Gasteiger partial charge in [-0.25, -0.2) is 0 Å². The summed E-state index contributed by atoms with van der Waals surface area (Å²) in [6.45, 7) is 8.57. The molecule has 0 unspecified atom stereocenters. The van der Waals surface area contributed by atoms with Crippen molar-refractivity contribution in [3.63, 3.8) is 0 Å². The molecule has 0 saturated heterocycles. The van der Waals surface area contributed by atoms with Crippen molar-refractivity contribution in [3.05, 3.63) is 40.6 Å². The van der Waals surface area contributed by atoms with E-state index in [-0.39, 0.29) is 0 Å². The van der Waals surface area contributed by atoms with E-state index in [1.54, 1.807) is 0 Å². The zero-order chi connectivity index (χ0) is 11.0. The zero-order valence-electron chi connectivity index (χ0n) is 9.89. The Bertz CT molecular complexity index is 507. The molecule has 0 radical (unpaired) electrons. The normalized spacial score (nSPS) is 10.9. The van der Waals surface area contributed by atoms with Crippen LogP contribution in [0, 0.1) is 20.8 Å². The first-order chi connectivity index (χ1) is 7.11. The molecule has 0 bridgehead atoms. The summed E-state index contributed by atoms with van der Waals surface area (Å²) in [5.41, 5.74) is 6.30. The predicted octanol–water partition coefficient (Wildman–Crippen LogP) is 3.72. The molecular weight excluding hydrogens is 182 g/mol. The van der Waals surface area contributed by atoms with Crippen LogP contribution < -0.4 is 0 Å². The van der Waals surface area contributed by atoms with Crippen LogP contribution in [0.3, 0.4) is 0 Å². The van der Waals surface area contributed by atoms with Gasteiger partial charge in [-0.2, -0.15) is 0 Å². The molecule has 1 nitrogen and oxygen atoms in total. The fraction of sp³-hybridized carbons (Fsp3) is 0.357. The van der Waals surface area contributed by atoms with E-state index < -0.39 is 0 Å². The molecule has 2 rings (SSSR count). The van der Waals surface area contributed by atoms with Crippen molar-refractivity contribution in [3.8, 4) is 0 Å². The second-order valence-electron chi connectivity index (χ2n) is 4.25. The summed E-state index contributed by atoms with van der Waals surface area (Å²) in [4.78, 5) is 4.61. The Morgan fingerprint density at radius 3 is 2.47 bits per heavy atom. The van der Waals surface area contributed by atoms with Gasteiger partial charge in [0.1, 0.15) is 0 Å². The number of fused-ring (bicyclic) bond motifs is 1. The van der Waals surface area contributed by atoms with Crippen molar-refractivity contribution >= 4 is 10.9 Å². The minimum atomic E-state index is 1.07. The number of rotatable bonds is 1. The van der Waals surface area contributed by atoms with Crippen LogP contribution in [-0.4, -0.2) is 4.98 Å². The number of benzene rings is 1. The predicted molar refractivity (Wildman–Crippen MR) is 65.3 cm³/mol. The molecule has 2 aromatic rings. The molecule has 1 heteroatoms. The summed E-state index contributed by atoms with van der Waals surface area (Å²) in [6.07, 6.45) is 1.07. The highest BCUT2D eigenvalue weighted by Gasteiger charge is 2.05. The third-order valence-electron chi connectivity index (χ3n) is 2.84. The smallest absolute Gasteiger partial charge is 0.0713 e. The first-order valence-electron chi connectivity index (χ1n) is 5.49. The Morgan fingerprint density at radius 2 is 1.80 bits per heavy atom. The SMILES string of the molecule is CCc1cc(C)nc2cc(C)cc(C)c12. The van der Waals surface area contributed by atoms with Gasteiger partial charge in [-0.05, 0) is 56.0 Å². The molecule has 0 saturated carbocycles. The lowest BCUT2D eigenvalue weighted by molar-refractivity contribution is 1.12. The maximum Gasteiger partial charge on any atom is 0.0713 e. The number of hydrogen-bond donors (Lipinski definition) is 0. The maximum absolute atomic E-state index is 4.61. The van der Waals surface area contributed by atoms with E-state index in [1.807, 2.05) is 0 Å². The highest BCUT2D eigenvalue weighted by molar-refractivity contribution is 5.86. The first-order valence-corrected chi connectivity index (χ1v) is 5.49. The van der Waals surface area contributed by atoms with Gasteiger partial charge in [0.05, 0.1) is 5.52 Å². The molecule has 1 aromatic carbocycles. The molecule has 0 fully saturated rings. The fourth-order valence-electron chi connectivity index (χ4n) is 2.28. The minimum absolute atomic E-state index is 1.07. The van der Waals surface area contributed by atoms with Crippen LogP contribution >= 0.6 is 0 Å². The minimum Gasteiger partial charge on any atom is -0.253 e. The van der Waals surface area contributed by atoms with Crippen LogP contribution in [0.1, 0.15) is 29.3 Å². The van der Waals surface area contributed by atoms with Crippen molar-refractivity contribution in [2.24, 2.45) is 0 Å². The Morgan fingerprint density at radius 1 is 1.07 bits per heavy atom. The van der Waals surface area contributed by atoms with Crippen molar-refractivity contribution in [2.75, 3.05) is 0 Å². The van der Waals surface area contributed by atoms with E-state index in [4.69, 9.17) is 0 Å². The lowest BCUT2D eigenvalue weighted by Crippen LogP contribution is -1.93. The summed E-state index contributed by atoms with van der Waals surface area (Å²) >= 11 is 0. The van der Waals surface area contributed by atoms with Crippen molar-refractivity contribution < 1.29 is 0 Å². The number of nitrogens with zero attached hydrogens (tertiary/aromatic N) is 1. The van der Waals surface area contributed by atoms with Gasteiger partial charge in [0.2, 0.25) is 0 Å². The standard InChI is InChI=1S/C14H17N/c1-5-12-8-11(4)15-13-7-9(2)6-10(3)14(12)13/h6-8H,5H2,1-4H3. The lowest BCUT2D eigenvalue weighted by atomic mass is 9.99. The van der Waals surface area contributed by atoms with E-state index in [1.165, 1.54) is 22.1 Å². The van der Waals surface area contributed by atoms with E-state index in [0.717, 1.165) is 17.6 Å². The zero-order valence-corrected chi connectivity index (χ0v) is 9.89. The molecule has 0 atom stereocenters. The number of aryl methyl sites for hydroxylation is 4. The Kier molecular flexibility index (Phi) is 2.47. The van der Waals surface area contributed by atoms with Crippen LogP contribution in [0.15, 0.2) is 18.2 Å². The summed E-state index contributed by atoms with van der Waals surface area (Å²) in [6, 6.07) is 6.61. The van der Waals surface area contributed by atoms with E-state index in [2.05, 4.69) is 50.9 Å². The highest BCUT2D eigenvalue weighted by atomic mass is 14.7. The molecule has 0 aliphatic heterocycles. The third kappa shape index (κ3) is 1.74. The number of pyridine rings is 1. The van der Waals surface area contributed by atoms with Crippen LogP contribution in [0.5, 0.6) is 0 Å². The van der Waals surface area contributed by atoms with Gasteiger partial charge in [0.25, 0.3) is 0 Å². The molecule has 0 spiro atoms. The Hall–Kier alpha value is -1.37. The van der Waals surface area contributed by atoms with Gasteiger partial charge in [-0.3, -0.25) is 4.98 Å². The summed E-state index contributed by atoms with van der Waals surface area (Å²) < 4.78 is 0. The fourth-order valence-corrected chi connectivity index (χ4v) is 2.28. The van der Waals surface area contributed by atoms with Crippen molar-refractivity contribution in [2.45, 2.75) is 34.1 Å². The maximum atomic E-state index is 4.61. The molecule has 1 aromatic heterocycles. The van der Waals surface area contributed by atoms with E-state index in [0.29, 0.717) is 0 Å². The second-order valence-corrected chi connectivity index (χ2v) is 4.25. The van der Waals surface area contributed by atoms with Gasteiger partial charge in [0, 0.05) is 11.1 Å². The summed E-state index contributed by atoms with van der Waals surface area (Å²) in [7, 11) is 0. The quantitative estimate of drug-likeness (QED) is 0.682. The number of aromatic nitrogens is 1. The summed E-state index contributed by atoms with van der Waals surface area (Å²) in [5.74, 6) is 0. The third-order valence-corrected chi connectivity index (χ3v) is 2.84. The Labute approximate surface area is 91.2 Å². The van der Waals surface area contributed by atoms with Gasteiger partial charge in [-0.1, -0.05) is 13.0 Å². The molecule has 0 amide bonds. The van der Waals surface area contributed by atoms with Crippen molar-refractivity contribution in [1.29, 1.82) is 0 Å². The van der Waals surface area contributed by atoms with Crippen LogP contribution in [0.4, 0.5) is 0 Å². The van der Waals surface area contributed by atoms with Gasteiger partial charge in [-0.15, -0.1) is 0 Å². The monoisotopic (exact) mass is 199 g/mol. The van der Waals surface area contributed by atoms with Gasteiger partial charge in [0.15, 0.2) is 0 Å². The van der Waals surface area contributed by atoms with Gasteiger partial charge >= 0.3 is 0 Å². The molecule has 15 heavy (non-hydrogen) atoms. The van der Waals surface area contributed by atoms with Crippen LogP contribution in [0.25, 0.3) is 10.9 Å². The van der Waals surface area contributed by atoms with Crippen LogP contribution in [-0.2, 0) is 6.42 Å².